The molecule has 0 unspecified atom stereocenters. The molecule has 5 nitrogen and oxygen atoms in total. The van der Waals surface area contributed by atoms with E-state index >= 15 is 0 Å². The van der Waals surface area contributed by atoms with Crippen LogP contribution in [0.15, 0.2) is 71.7 Å². The molecule has 0 amide bonds. The molecule has 0 atom stereocenters. The van der Waals surface area contributed by atoms with Crippen molar-refractivity contribution in [1.29, 1.82) is 0 Å². The maximum atomic E-state index is 5.32. The summed E-state index contributed by atoms with van der Waals surface area (Å²) in [6, 6.07) is 16.3. The molecule has 2 aromatic heterocycles. The fourth-order valence-corrected chi connectivity index (χ4v) is 4.85. The van der Waals surface area contributed by atoms with Crippen molar-refractivity contribution in [2.45, 2.75) is 24.4 Å². The summed E-state index contributed by atoms with van der Waals surface area (Å²) < 4.78 is 7.42. The minimum absolute atomic E-state index is 0.657. The first-order valence-corrected chi connectivity index (χ1v) is 11.4. The molecule has 0 saturated carbocycles. The first-order chi connectivity index (χ1) is 14.7. The number of thiazole rings is 1. The monoisotopic (exact) mass is 434 g/mol. The van der Waals surface area contributed by atoms with Crippen LogP contribution in [0, 0.1) is 6.92 Å². The summed E-state index contributed by atoms with van der Waals surface area (Å²) in [5.41, 5.74) is 4.34. The van der Waals surface area contributed by atoms with Gasteiger partial charge in [-0.05, 0) is 25.1 Å². The van der Waals surface area contributed by atoms with Crippen LogP contribution in [0.1, 0.15) is 11.3 Å². The Morgan fingerprint density at radius 1 is 1.13 bits per heavy atom. The molecule has 152 valence electrons. The van der Waals surface area contributed by atoms with Gasteiger partial charge in [-0.1, -0.05) is 53.7 Å². The molecule has 30 heavy (non-hydrogen) atoms. The number of methoxy groups -OCH3 is 1. The first kappa shape index (κ1) is 20.4. The van der Waals surface area contributed by atoms with Gasteiger partial charge in [0.2, 0.25) is 0 Å². The Kier molecular flexibility index (Phi) is 6.30. The molecule has 7 heteroatoms. The third kappa shape index (κ3) is 4.47. The van der Waals surface area contributed by atoms with Crippen LogP contribution >= 0.6 is 23.1 Å². The highest BCUT2D eigenvalue weighted by Gasteiger charge is 2.15. The van der Waals surface area contributed by atoms with E-state index in [-0.39, 0.29) is 0 Å². The fraction of sp³-hybridized carbons (Fsp3) is 0.174. The topological polar surface area (TPSA) is 52.8 Å². The largest absolute Gasteiger partial charge is 0.497 e. The molecular formula is C23H22N4OS2. The van der Waals surface area contributed by atoms with Crippen LogP contribution < -0.4 is 4.74 Å². The number of aryl methyl sites for hydroxylation is 1. The van der Waals surface area contributed by atoms with Crippen molar-refractivity contribution < 1.29 is 4.74 Å². The zero-order valence-corrected chi connectivity index (χ0v) is 18.5. The molecule has 2 aromatic carbocycles. The van der Waals surface area contributed by atoms with E-state index in [0.717, 1.165) is 44.3 Å². The smallest absolute Gasteiger partial charge is 0.192 e. The molecule has 0 N–H and O–H groups in total. The lowest BCUT2D eigenvalue weighted by atomic mass is 10.1. The third-order valence-corrected chi connectivity index (χ3v) is 6.46. The van der Waals surface area contributed by atoms with Gasteiger partial charge in [0, 0.05) is 28.8 Å². The van der Waals surface area contributed by atoms with E-state index in [1.54, 1.807) is 30.2 Å². The number of benzene rings is 2. The van der Waals surface area contributed by atoms with Crippen LogP contribution in [0.3, 0.4) is 0 Å². The molecule has 0 saturated heterocycles. The highest BCUT2D eigenvalue weighted by Crippen LogP contribution is 2.30. The van der Waals surface area contributed by atoms with E-state index in [2.05, 4.69) is 51.8 Å². The van der Waals surface area contributed by atoms with Gasteiger partial charge < -0.3 is 4.74 Å². The van der Waals surface area contributed by atoms with Gasteiger partial charge in [0.15, 0.2) is 11.0 Å². The Morgan fingerprint density at radius 2 is 1.97 bits per heavy atom. The number of nitrogens with zero attached hydrogens (tertiary/aromatic N) is 4. The molecule has 4 rings (SSSR count). The van der Waals surface area contributed by atoms with Crippen LogP contribution in [0.5, 0.6) is 5.75 Å². The van der Waals surface area contributed by atoms with E-state index in [9.17, 15) is 0 Å². The molecule has 0 fully saturated rings. The maximum absolute atomic E-state index is 5.32. The minimum Gasteiger partial charge on any atom is -0.497 e. The summed E-state index contributed by atoms with van der Waals surface area (Å²) in [5.74, 6) is 2.42. The molecule has 0 spiro atoms. The fourth-order valence-electron chi connectivity index (χ4n) is 3.09. The number of aromatic nitrogens is 4. The van der Waals surface area contributed by atoms with E-state index in [1.165, 1.54) is 5.56 Å². The van der Waals surface area contributed by atoms with Crippen molar-refractivity contribution in [3.63, 3.8) is 0 Å². The van der Waals surface area contributed by atoms with Crippen molar-refractivity contribution in [2.24, 2.45) is 0 Å². The lowest BCUT2D eigenvalue weighted by Crippen LogP contribution is -2.01. The standard InChI is InChI=1S/C23H22N4OS2/c1-4-11-27-21(17-8-5-7-16(2)12-17)25-26-23(27)30-15-19-14-29-22(24-19)18-9-6-10-20(13-18)28-3/h4-10,12-14H,1,11,15H2,2-3H3. The van der Waals surface area contributed by atoms with Gasteiger partial charge in [0.1, 0.15) is 10.8 Å². The van der Waals surface area contributed by atoms with Crippen molar-refractivity contribution in [1.82, 2.24) is 19.7 Å². The number of hydrogen-bond acceptors (Lipinski definition) is 6. The number of allylic oxidation sites excluding steroid dienone is 1. The van der Waals surface area contributed by atoms with Gasteiger partial charge in [-0.3, -0.25) is 4.57 Å². The van der Waals surface area contributed by atoms with E-state index < -0.39 is 0 Å². The van der Waals surface area contributed by atoms with Gasteiger partial charge >= 0.3 is 0 Å². The van der Waals surface area contributed by atoms with Crippen molar-refractivity contribution in [3.8, 4) is 27.7 Å². The number of hydrogen-bond donors (Lipinski definition) is 0. The average Bonchev–Trinajstić information content (AvgIpc) is 3.40. The zero-order valence-electron chi connectivity index (χ0n) is 16.9. The first-order valence-electron chi connectivity index (χ1n) is 9.50. The molecule has 0 aliphatic rings. The Hall–Kier alpha value is -2.90. The van der Waals surface area contributed by atoms with Crippen molar-refractivity contribution >= 4 is 23.1 Å². The second-order valence-electron chi connectivity index (χ2n) is 6.74. The van der Waals surface area contributed by atoms with Gasteiger partial charge in [0.25, 0.3) is 0 Å². The molecule has 4 aromatic rings. The second-order valence-corrected chi connectivity index (χ2v) is 8.54. The lowest BCUT2D eigenvalue weighted by molar-refractivity contribution is 0.415. The van der Waals surface area contributed by atoms with Crippen LogP contribution in [-0.2, 0) is 12.3 Å². The Labute approximate surface area is 184 Å². The quantitative estimate of drug-likeness (QED) is 0.257. The Balaban J connectivity index is 1.53. The van der Waals surface area contributed by atoms with E-state index in [4.69, 9.17) is 9.72 Å². The highest BCUT2D eigenvalue weighted by atomic mass is 32.2. The Morgan fingerprint density at radius 3 is 2.77 bits per heavy atom. The average molecular weight is 435 g/mol. The molecule has 2 heterocycles. The molecule has 0 aliphatic carbocycles. The number of rotatable bonds is 8. The normalized spacial score (nSPS) is 10.9. The zero-order chi connectivity index (χ0) is 20.9. The molecule has 0 aliphatic heterocycles. The number of ether oxygens (including phenoxy) is 1. The van der Waals surface area contributed by atoms with E-state index in [1.807, 2.05) is 36.4 Å². The van der Waals surface area contributed by atoms with Gasteiger partial charge in [-0.2, -0.15) is 0 Å². The molecule has 0 radical (unpaired) electrons. The second kappa shape index (κ2) is 9.28. The molecule has 0 bridgehead atoms. The summed E-state index contributed by atoms with van der Waals surface area (Å²) in [6.07, 6.45) is 1.87. The third-order valence-electron chi connectivity index (χ3n) is 4.52. The molecular weight excluding hydrogens is 412 g/mol. The maximum Gasteiger partial charge on any atom is 0.192 e. The van der Waals surface area contributed by atoms with Gasteiger partial charge in [-0.25, -0.2) is 4.98 Å². The summed E-state index contributed by atoms with van der Waals surface area (Å²) in [4.78, 5) is 4.79. The van der Waals surface area contributed by atoms with Gasteiger partial charge in [-0.15, -0.1) is 28.1 Å². The predicted octanol–water partition coefficient (Wildman–Crippen LogP) is 5.86. The number of thioether (sulfide) groups is 1. The summed E-state index contributed by atoms with van der Waals surface area (Å²) in [7, 11) is 1.67. The summed E-state index contributed by atoms with van der Waals surface area (Å²) >= 11 is 3.27. The van der Waals surface area contributed by atoms with Crippen LogP contribution in [0.25, 0.3) is 22.0 Å². The predicted molar refractivity (Wildman–Crippen MR) is 124 cm³/mol. The minimum atomic E-state index is 0.657. The van der Waals surface area contributed by atoms with Crippen LogP contribution in [0.2, 0.25) is 0 Å². The highest BCUT2D eigenvalue weighted by molar-refractivity contribution is 7.98. The van der Waals surface area contributed by atoms with E-state index in [0.29, 0.717) is 6.54 Å². The summed E-state index contributed by atoms with van der Waals surface area (Å²) in [5, 5.41) is 12.8. The Bertz CT molecular complexity index is 1170. The SMILES string of the molecule is C=CCn1c(SCc2csc(-c3cccc(OC)c3)n2)nnc1-c1cccc(C)c1. The van der Waals surface area contributed by atoms with Crippen molar-refractivity contribution in [2.75, 3.05) is 7.11 Å². The van der Waals surface area contributed by atoms with Gasteiger partial charge in [0.05, 0.1) is 12.8 Å². The van der Waals surface area contributed by atoms with Crippen LogP contribution in [-0.4, -0.2) is 26.9 Å². The lowest BCUT2D eigenvalue weighted by Gasteiger charge is -2.07. The van der Waals surface area contributed by atoms with Crippen molar-refractivity contribution in [3.05, 3.63) is 77.8 Å². The summed E-state index contributed by atoms with van der Waals surface area (Å²) in [6.45, 7) is 6.63. The van der Waals surface area contributed by atoms with Crippen LogP contribution in [0.4, 0.5) is 0 Å².